The summed E-state index contributed by atoms with van der Waals surface area (Å²) in [5.74, 6) is -1.32. The molecule has 0 aliphatic heterocycles. The fourth-order valence-electron chi connectivity index (χ4n) is 1.43. The van der Waals surface area contributed by atoms with Gasteiger partial charge in [-0.1, -0.05) is 0 Å². The Morgan fingerprint density at radius 2 is 2.00 bits per heavy atom. The van der Waals surface area contributed by atoms with Crippen molar-refractivity contribution in [2.75, 3.05) is 5.32 Å². The summed E-state index contributed by atoms with van der Waals surface area (Å²) in [4.78, 5) is 15.4. The Bertz CT molecular complexity index is 582. The standard InChI is InChI=1S/C13H10F2N2O/c1-8-6-10(3-4-11(8)15)17-13(18)12-5-2-9(14)7-16-12/h2-7H,1H3,(H,17,18). The first-order chi connectivity index (χ1) is 8.56. The van der Waals surface area contributed by atoms with Crippen LogP contribution in [0.4, 0.5) is 14.5 Å². The normalized spacial score (nSPS) is 10.2. The fourth-order valence-corrected chi connectivity index (χ4v) is 1.43. The molecule has 0 aliphatic rings. The minimum absolute atomic E-state index is 0.0957. The summed E-state index contributed by atoms with van der Waals surface area (Å²) in [5.41, 5.74) is 0.989. The zero-order valence-electron chi connectivity index (χ0n) is 9.58. The molecule has 0 bridgehead atoms. The SMILES string of the molecule is Cc1cc(NC(=O)c2ccc(F)cn2)ccc1F. The van der Waals surface area contributed by atoms with Crippen LogP contribution in [-0.4, -0.2) is 10.9 Å². The van der Waals surface area contributed by atoms with E-state index in [4.69, 9.17) is 0 Å². The molecule has 1 heterocycles. The maximum Gasteiger partial charge on any atom is 0.274 e. The van der Waals surface area contributed by atoms with Gasteiger partial charge in [0.2, 0.25) is 0 Å². The van der Waals surface area contributed by atoms with E-state index in [9.17, 15) is 13.6 Å². The van der Waals surface area contributed by atoms with Gasteiger partial charge < -0.3 is 5.32 Å². The number of carbonyl (C=O) groups is 1. The minimum atomic E-state index is -0.510. The number of pyridine rings is 1. The highest BCUT2D eigenvalue weighted by molar-refractivity contribution is 6.02. The summed E-state index contributed by atoms with van der Waals surface area (Å²) in [5, 5.41) is 2.56. The van der Waals surface area contributed by atoms with Gasteiger partial charge in [0, 0.05) is 5.69 Å². The van der Waals surface area contributed by atoms with Crippen molar-refractivity contribution in [1.82, 2.24) is 4.98 Å². The largest absolute Gasteiger partial charge is 0.321 e. The van der Waals surface area contributed by atoms with E-state index in [1.165, 1.54) is 24.3 Å². The van der Waals surface area contributed by atoms with E-state index >= 15 is 0 Å². The van der Waals surface area contributed by atoms with Gasteiger partial charge in [-0.2, -0.15) is 0 Å². The van der Waals surface area contributed by atoms with Crippen molar-refractivity contribution in [3.05, 3.63) is 59.4 Å². The van der Waals surface area contributed by atoms with Crippen molar-refractivity contribution >= 4 is 11.6 Å². The van der Waals surface area contributed by atoms with Gasteiger partial charge in [-0.15, -0.1) is 0 Å². The molecule has 2 aromatic rings. The first-order valence-corrected chi connectivity index (χ1v) is 5.25. The van der Waals surface area contributed by atoms with E-state index in [2.05, 4.69) is 10.3 Å². The van der Waals surface area contributed by atoms with Gasteiger partial charge in [0.05, 0.1) is 6.20 Å². The molecule has 5 heteroatoms. The Balaban J connectivity index is 2.16. The summed E-state index contributed by atoms with van der Waals surface area (Å²) in [7, 11) is 0. The summed E-state index contributed by atoms with van der Waals surface area (Å²) >= 11 is 0. The van der Waals surface area contributed by atoms with Crippen molar-refractivity contribution in [3.63, 3.8) is 0 Å². The predicted octanol–water partition coefficient (Wildman–Crippen LogP) is 2.92. The molecule has 0 saturated carbocycles. The van der Waals surface area contributed by atoms with E-state index in [-0.39, 0.29) is 11.5 Å². The van der Waals surface area contributed by atoms with Crippen molar-refractivity contribution in [2.45, 2.75) is 6.92 Å². The summed E-state index contributed by atoms with van der Waals surface area (Å²) in [6, 6.07) is 6.66. The third kappa shape index (κ3) is 2.68. The molecule has 1 N–H and O–H groups in total. The molecule has 2 rings (SSSR count). The number of hydrogen-bond donors (Lipinski definition) is 1. The monoisotopic (exact) mass is 248 g/mol. The number of amides is 1. The Hall–Kier alpha value is -2.30. The summed E-state index contributed by atoms with van der Waals surface area (Å²) in [6.45, 7) is 1.60. The molecular weight excluding hydrogens is 238 g/mol. The van der Waals surface area contributed by atoms with Crippen LogP contribution in [0.2, 0.25) is 0 Å². The molecule has 0 unspecified atom stereocenters. The minimum Gasteiger partial charge on any atom is -0.321 e. The molecule has 0 saturated heterocycles. The molecule has 1 amide bonds. The van der Waals surface area contributed by atoms with Crippen molar-refractivity contribution < 1.29 is 13.6 Å². The smallest absolute Gasteiger partial charge is 0.274 e. The van der Waals surface area contributed by atoms with Crippen LogP contribution in [0, 0.1) is 18.6 Å². The average Bonchev–Trinajstić information content (AvgIpc) is 2.34. The van der Waals surface area contributed by atoms with E-state index in [1.807, 2.05) is 0 Å². The molecule has 0 fully saturated rings. The van der Waals surface area contributed by atoms with Gasteiger partial charge in [0.1, 0.15) is 17.3 Å². The highest BCUT2D eigenvalue weighted by atomic mass is 19.1. The molecule has 0 spiro atoms. The molecule has 1 aromatic carbocycles. The maximum atomic E-state index is 13.0. The number of nitrogens with zero attached hydrogens (tertiary/aromatic N) is 1. The highest BCUT2D eigenvalue weighted by Crippen LogP contribution is 2.14. The van der Waals surface area contributed by atoms with Crippen LogP contribution in [0.1, 0.15) is 16.1 Å². The number of hydrogen-bond acceptors (Lipinski definition) is 2. The lowest BCUT2D eigenvalue weighted by molar-refractivity contribution is 0.102. The van der Waals surface area contributed by atoms with Gasteiger partial charge in [-0.3, -0.25) is 4.79 Å². The molecule has 0 atom stereocenters. The molecule has 0 aliphatic carbocycles. The first kappa shape index (κ1) is 12.2. The molecule has 3 nitrogen and oxygen atoms in total. The van der Waals surface area contributed by atoms with Gasteiger partial charge in [0.25, 0.3) is 5.91 Å². The Kier molecular flexibility index (Phi) is 3.32. The first-order valence-electron chi connectivity index (χ1n) is 5.25. The third-order valence-corrected chi connectivity index (χ3v) is 2.38. The van der Waals surface area contributed by atoms with Gasteiger partial charge in [-0.05, 0) is 42.8 Å². The van der Waals surface area contributed by atoms with Crippen LogP contribution in [0.25, 0.3) is 0 Å². The number of carbonyl (C=O) groups excluding carboxylic acids is 1. The van der Waals surface area contributed by atoms with Crippen LogP contribution in [0.15, 0.2) is 36.5 Å². The highest BCUT2D eigenvalue weighted by Gasteiger charge is 2.08. The average molecular weight is 248 g/mol. The van der Waals surface area contributed by atoms with E-state index < -0.39 is 11.7 Å². The number of nitrogens with one attached hydrogen (secondary N) is 1. The number of aromatic nitrogens is 1. The molecule has 0 radical (unpaired) electrons. The van der Waals surface area contributed by atoms with E-state index in [1.54, 1.807) is 6.92 Å². The van der Waals surface area contributed by atoms with Crippen molar-refractivity contribution in [2.24, 2.45) is 0 Å². The molecule has 18 heavy (non-hydrogen) atoms. The van der Waals surface area contributed by atoms with Crippen molar-refractivity contribution in [3.8, 4) is 0 Å². The second kappa shape index (κ2) is 4.91. The summed E-state index contributed by atoms with van der Waals surface area (Å²) < 4.78 is 25.7. The molecule has 92 valence electrons. The zero-order valence-corrected chi connectivity index (χ0v) is 9.58. The second-order valence-electron chi connectivity index (χ2n) is 3.78. The number of rotatable bonds is 2. The third-order valence-electron chi connectivity index (χ3n) is 2.38. The lowest BCUT2D eigenvalue weighted by atomic mass is 10.2. The van der Waals surface area contributed by atoms with Crippen LogP contribution in [0.3, 0.4) is 0 Å². The lowest BCUT2D eigenvalue weighted by Gasteiger charge is -2.06. The van der Waals surface area contributed by atoms with Crippen molar-refractivity contribution in [1.29, 1.82) is 0 Å². The number of aryl methyl sites for hydroxylation is 1. The maximum absolute atomic E-state index is 13.0. The molecule has 1 aromatic heterocycles. The number of anilines is 1. The van der Waals surface area contributed by atoms with Crippen LogP contribution < -0.4 is 5.32 Å². The van der Waals surface area contributed by atoms with E-state index in [0.717, 1.165) is 12.3 Å². The molecular formula is C13H10F2N2O. The zero-order chi connectivity index (χ0) is 13.1. The topological polar surface area (TPSA) is 42.0 Å². The van der Waals surface area contributed by atoms with Gasteiger partial charge in [-0.25, -0.2) is 13.8 Å². The second-order valence-corrected chi connectivity index (χ2v) is 3.78. The Morgan fingerprint density at radius 3 is 2.61 bits per heavy atom. The lowest BCUT2D eigenvalue weighted by Crippen LogP contribution is -2.13. The van der Waals surface area contributed by atoms with Gasteiger partial charge in [0.15, 0.2) is 0 Å². The number of halogens is 2. The number of benzene rings is 1. The predicted molar refractivity (Wildman–Crippen MR) is 63.3 cm³/mol. The van der Waals surface area contributed by atoms with Crippen LogP contribution in [0.5, 0.6) is 0 Å². The fraction of sp³-hybridized carbons (Fsp3) is 0.0769. The summed E-state index contributed by atoms with van der Waals surface area (Å²) in [6.07, 6.45) is 0.963. The Morgan fingerprint density at radius 1 is 1.22 bits per heavy atom. The Labute approximate surface area is 102 Å². The quantitative estimate of drug-likeness (QED) is 0.887. The van der Waals surface area contributed by atoms with Crippen LogP contribution in [-0.2, 0) is 0 Å². The van der Waals surface area contributed by atoms with Crippen LogP contribution >= 0.6 is 0 Å². The van der Waals surface area contributed by atoms with Gasteiger partial charge >= 0.3 is 0 Å². The van der Waals surface area contributed by atoms with E-state index in [0.29, 0.717) is 11.3 Å².